The average molecular weight is 358 g/mol. The van der Waals surface area contributed by atoms with E-state index >= 15 is 0 Å². The summed E-state index contributed by atoms with van der Waals surface area (Å²) in [5.41, 5.74) is 2.02. The van der Waals surface area contributed by atoms with Gasteiger partial charge in [0.1, 0.15) is 6.54 Å². The maximum Gasteiger partial charge on any atom is 0.326 e. The summed E-state index contributed by atoms with van der Waals surface area (Å²) in [6.45, 7) is 1.42. The van der Waals surface area contributed by atoms with Crippen LogP contribution >= 0.6 is 0 Å². The lowest BCUT2D eigenvalue weighted by Crippen LogP contribution is -2.36. The van der Waals surface area contributed by atoms with Gasteiger partial charge in [0.15, 0.2) is 0 Å². The van der Waals surface area contributed by atoms with Crippen LogP contribution in [0, 0.1) is 18.3 Å². The third kappa shape index (κ3) is 4.37. The van der Waals surface area contributed by atoms with Crippen LogP contribution in [0.3, 0.4) is 0 Å². The maximum absolute atomic E-state index is 13.0. The Morgan fingerprint density at radius 3 is 2.24 bits per heavy atom. The van der Waals surface area contributed by atoms with Crippen LogP contribution in [0.25, 0.3) is 0 Å². The zero-order valence-electron chi connectivity index (χ0n) is 14.0. The number of carbonyl (C=O) groups excluding carboxylic acids is 1. The minimum absolute atomic E-state index is 0.0862. The summed E-state index contributed by atoms with van der Waals surface area (Å²) in [5, 5.41) is 8.73. The van der Waals surface area contributed by atoms with Crippen molar-refractivity contribution in [2.75, 3.05) is 18.0 Å². The second-order valence-electron chi connectivity index (χ2n) is 5.40. The Bertz CT molecular complexity index is 882. The van der Waals surface area contributed by atoms with Gasteiger partial charge in [-0.2, -0.15) is 5.26 Å². The third-order valence-electron chi connectivity index (χ3n) is 3.62. The number of benzene rings is 2. The minimum atomic E-state index is -3.93. The molecule has 0 unspecified atom stereocenters. The van der Waals surface area contributed by atoms with Gasteiger partial charge in [-0.05, 0) is 36.8 Å². The van der Waals surface area contributed by atoms with Crippen LogP contribution in [0.15, 0.2) is 53.4 Å². The van der Waals surface area contributed by atoms with Crippen molar-refractivity contribution in [2.45, 2.75) is 18.2 Å². The van der Waals surface area contributed by atoms with Gasteiger partial charge in [-0.15, -0.1) is 0 Å². The second kappa shape index (κ2) is 7.81. The molecule has 0 saturated carbocycles. The standard InChI is InChI=1S/C18H18N2O4S/c1-14-3-9-17(10-4-14)25(22,23)20(13-18(21)24-2)16-7-5-15(6-8-16)11-12-19/h3-10H,11,13H2,1-2H3. The van der Waals surface area contributed by atoms with E-state index in [0.29, 0.717) is 5.69 Å². The molecule has 25 heavy (non-hydrogen) atoms. The highest BCUT2D eigenvalue weighted by molar-refractivity contribution is 7.92. The van der Waals surface area contributed by atoms with Crippen molar-refractivity contribution in [3.8, 4) is 6.07 Å². The molecule has 0 fully saturated rings. The zero-order valence-corrected chi connectivity index (χ0v) is 14.8. The van der Waals surface area contributed by atoms with Crippen LogP contribution in [0.4, 0.5) is 5.69 Å². The van der Waals surface area contributed by atoms with Crippen molar-refractivity contribution in [1.82, 2.24) is 0 Å². The van der Waals surface area contributed by atoms with Crippen molar-refractivity contribution >= 4 is 21.7 Å². The number of sulfonamides is 1. The zero-order chi connectivity index (χ0) is 18.4. The van der Waals surface area contributed by atoms with E-state index in [1.165, 1.54) is 19.2 Å². The summed E-state index contributed by atoms with van der Waals surface area (Å²) in [4.78, 5) is 11.8. The van der Waals surface area contributed by atoms with E-state index in [4.69, 9.17) is 5.26 Å². The van der Waals surface area contributed by atoms with Gasteiger partial charge in [-0.3, -0.25) is 9.10 Å². The molecule has 130 valence electrons. The Hall–Kier alpha value is -2.85. The Morgan fingerprint density at radius 2 is 1.72 bits per heavy atom. The molecule has 0 radical (unpaired) electrons. The van der Waals surface area contributed by atoms with Gasteiger partial charge in [0.2, 0.25) is 0 Å². The predicted molar refractivity (Wildman–Crippen MR) is 93.5 cm³/mol. The van der Waals surface area contributed by atoms with E-state index in [0.717, 1.165) is 15.4 Å². The van der Waals surface area contributed by atoms with Crippen LogP contribution in [0.2, 0.25) is 0 Å². The molecule has 2 rings (SSSR count). The quantitative estimate of drug-likeness (QED) is 0.740. The lowest BCUT2D eigenvalue weighted by molar-refractivity contribution is -0.138. The van der Waals surface area contributed by atoms with E-state index in [2.05, 4.69) is 4.74 Å². The molecular weight excluding hydrogens is 340 g/mol. The first-order valence-corrected chi connectivity index (χ1v) is 8.94. The SMILES string of the molecule is COC(=O)CN(c1ccc(CC#N)cc1)S(=O)(=O)c1ccc(C)cc1. The molecule has 0 bridgehead atoms. The normalized spacial score (nSPS) is 10.8. The molecule has 0 heterocycles. The smallest absolute Gasteiger partial charge is 0.326 e. The van der Waals surface area contributed by atoms with Crippen molar-refractivity contribution in [3.05, 3.63) is 59.7 Å². The molecule has 2 aromatic rings. The Morgan fingerprint density at radius 1 is 1.12 bits per heavy atom. The van der Waals surface area contributed by atoms with E-state index in [1.54, 1.807) is 36.4 Å². The van der Waals surface area contributed by atoms with Gasteiger partial charge in [0.25, 0.3) is 10.0 Å². The first-order chi connectivity index (χ1) is 11.9. The van der Waals surface area contributed by atoms with Gasteiger partial charge >= 0.3 is 5.97 Å². The van der Waals surface area contributed by atoms with Crippen LogP contribution in [0.5, 0.6) is 0 Å². The fraction of sp³-hybridized carbons (Fsp3) is 0.222. The average Bonchev–Trinajstić information content (AvgIpc) is 2.61. The Balaban J connectivity index is 2.46. The molecule has 7 heteroatoms. The maximum atomic E-state index is 13.0. The van der Waals surface area contributed by atoms with E-state index < -0.39 is 22.5 Å². The fourth-order valence-corrected chi connectivity index (χ4v) is 3.61. The summed E-state index contributed by atoms with van der Waals surface area (Å²) in [6, 6.07) is 14.9. The van der Waals surface area contributed by atoms with Crippen LogP contribution in [-0.4, -0.2) is 28.0 Å². The Labute approximate surface area is 147 Å². The van der Waals surface area contributed by atoms with Crippen LogP contribution < -0.4 is 4.31 Å². The van der Waals surface area contributed by atoms with Crippen molar-refractivity contribution < 1.29 is 17.9 Å². The number of rotatable bonds is 6. The molecule has 0 aliphatic carbocycles. The first kappa shape index (κ1) is 18.5. The van der Waals surface area contributed by atoms with E-state index in [9.17, 15) is 13.2 Å². The summed E-state index contributed by atoms with van der Waals surface area (Å²) in [5.74, 6) is -0.670. The summed E-state index contributed by atoms with van der Waals surface area (Å²) >= 11 is 0. The molecule has 0 aliphatic heterocycles. The number of hydrogen-bond donors (Lipinski definition) is 0. The van der Waals surface area contributed by atoms with Gasteiger partial charge in [-0.1, -0.05) is 29.8 Å². The fourth-order valence-electron chi connectivity index (χ4n) is 2.21. The number of carbonyl (C=O) groups is 1. The third-order valence-corrected chi connectivity index (χ3v) is 5.40. The number of methoxy groups -OCH3 is 1. The highest BCUT2D eigenvalue weighted by Crippen LogP contribution is 2.24. The second-order valence-corrected chi connectivity index (χ2v) is 7.26. The van der Waals surface area contributed by atoms with Gasteiger partial charge in [-0.25, -0.2) is 8.42 Å². The van der Waals surface area contributed by atoms with Gasteiger partial charge in [0, 0.05) is 0 Å². The molecule has 6 nitrogen and oxygen atoms in total. The molecule has 0 aromatic heterocycles. The van der Waals surface area contributed by atoms with Crippen LogP contribution in [0.1, 0.15) is 11.1 Å². The first-order valence-electron chi connectivity index (χ1n) is 7.50. The van der Waals surface area contributed by atoms with E-state index in [-0.39, 0.29) is 11.3 Å². The molecule has 0 N–H and O–H groups in total. The van der Waals surface area contributed by atoms with Crippen molar-refractivity contribution in [3.63, 3.8) is 0 Å². The highest BCUT2D eigenvalue weighted by Gasteiger charge is 2.27. The molecule has 0 spiro atoms. The number of anilines is 1. The largest absolute Gasteiger partial charge is 0.468 e. The van der Waals surface area contributed by atoms with E-state index in [1.807, 2.05) is 13.0 Å². The number of nitriles is 1. The monoisotopic (exact) mass is 358 g/mol. The van der Waals surface area contributed by atoms with Crippen molar-refractivity contribution in [1.29, 1.82) is 5.26 Å². The van der Waals surface area contributed by atoms with Gasteiger partial charge < -0.3 is 4.74 Å². The van der Waals surface area contributed by atoms with Gasteiger partial charge in [0.05, 0.1) is 30.2 Å². The lowest BCUT2D eigenvalue weighted by atomic mass is 10.1. The summed E-state index contributed by atoms with van der Waals surface area (Å²) < 4.78 is 31.6. The summed E-state index contributed by atoms with van der Waals surface area (Å²) in [6.07, 6.45) is 0.224. The molecule has 0 aliphatic rings. The summed E-state index contributed by atoms with van der Waals surface area (Å²) in [7, 11) is -2.73. The molecule has 0 saturated heterocycles. The molecular formula is C18H18N2O4S. The topological polar surface area (TPSA) is 87.5 Å². The van der Waals surface area contributed by atoms with Crippen molar-refractivity contribution in [2.24, 2.45) is 0 Å². The number of hydrogen-bond acceptors (Lipinski definition) is 5. The predicted octanol–water partition coefficient (Wildman–Crippen LogP) is 2.43. The lowest BCUT2D eigenvalue weighted by Gasteiger charge is -2.23. The number of esters is 1. The number of ether oxygens (including phenoxy) is 1. The minimum Gasteiger partial charge on any atom is -0.468 e. The molecule has 2 aromatic carbocycles. The number of nitrogens with zero attached hydrogens (tertiary/aromatic N) is 2. The van der Waals surface area contributed by atoms with Crippen LogP contribution in [-0.2, 0) is 26.0 Å². The number of aryl methyl sites for hydroxylation is 1. The molecule has 0 amide bonds. The highest BCUT2D eigenvalue weighted by atomic mass is 32.2. The Kier molecular flexibility index (Phi) is 5.78. The molecule has 0 atom stereocenters.